The van der Waals surface area contributed by atoms with Crippen molar-refractivity contribution in [1.29, 1.82) is 0 Å². The Bertz CT molecular complexity index is 397. The van der Waals surface area contributed by atoms with E-state index in [1.807, 2.05) is 6.92 Å². The van der Waals surface area contributed by atoms with E-state index in [-0.39, 0.29) is 17.8 Å². The van der Waals surface area contributed by atoms with Gasteiger partial charge in [-0.1, -0.05) is 0 Å². The van der Waals surface area contributed by atoms with E-state index in [0.717, 1.165) is 6.42 Å². The summed E-state index contributed by atoms with van der Waals surface area (Å²) in [5.74, 6) is -0.719. The average Bonchev–Trinajstić information content (AvgIpc) is 2.65. The van der Waals surface area contributed by atoms with Crippen molar-refractivity contribution in [1.82, 2.24) is 9.97 Å². The molecule has 1 aliphatic heterocycles. The maximum Gasteiger partial charge on any atom is 0.354 e. The third-order valence-electron chi connectivity index (χ3n) is 2.57. The second-order valence-electron chi connectivity index (χ2n) is 3.69. The van der Waals surface area contributed by atoms with Crippen LogP contribution in [0.4, 0.5) is 5.95 Å². The number of hydrogen-bond acceptors (Lipinski definition) is 5. The van der Waals surface area contributed by atoms with Crippen LogP contribution in [-0.2, 0) is 4.74 Å². The smallest absolute Gasteiger partial charge is 0.354 e. The van der Waals surface area contributed by atoms with E-state index < -0.39 is 5.97 Å². The van der Waals surface area contributed by atoms with Crippen LogP contribution in [0.1, 0.15) is 23.8 Å². The number of hydrogen-bond donors (Lipinski definition) is 2. The van der Waals surface area contributed by atoms with E-state index in [0.29, 0.717) is 12.6 Å². The van der Waals surface area contributed by atoms with Gasteiger partial charge in [-0.3, -0.25) is 0 Å². The number of nitrogens with zero attached hydrogens (tertiary/aromatic N) is 2. The van der Waals surface area contributed by atoms with Gasteiger partial charge in [0, 0.05) is 12.8 Å². The van der Waals surface area contributed by atoms with Crippen LogP contribution in [-0.4, -0.2) is 39.8 Å². The molecule has 6 nitrogen and oxygen atoms in total. The third kappa shape index (κ3) is 2.27. The second kappa shape index (κ2) is 4.44. The van der Waals surface area contributed by atoms with Crippen LogP contribution >= 0.6 is 0 Å². The van der Waals surface area contributed by atoms with Gasteiger partial charge in [-0.05, 0) is 19.4 Å². The lowest BCUT2D eigenvalue weighted by atomic mass is 10.2. The van der Waals surface area contributed by atoms with Gasteiger partial charge in [0.05, 0.1) is 12.1 Å². The molecule has 2 unspecified atom stereocenters. The minimum atomic E-state index is -1.05. The number of carboxylic acids is 1. The third-order valence-corrected chi connectivity index (χ3v) is 2.57. The standard InChI is InChI=1S/C10H13N3O3/c1-6-7(3-5-16-6)12-10-11-4-2-8(13-10)9(14)15/h2,4,6-7H,3,5H2,1H3,(H,14,15)(H,11,12,13). The molecule has 0 bridgehead atoms. The lowest BCUT2D eigenvalue weighted by Crippen LogP contribution is -2.27. The minimum absolute atomic E-state index is 0.0101. The van der Waals surface area contributed by atoms with E-state index in [4.69, 9.17) is 9.84 Å². The fourth-order valence-corrected chi connectivity index (χ4v) is 1.63. The fourth-order valence-electron chi connectivity index (χ4n) is 1.63. The molecule has 1 fully saturated rings. The Morgan fingerprint density at radius 3 is 3.12 bits per heavy atom. The number of anilines is 1. The molecule has 0 aromatic carbocycles. The molecule has 2 rings (SSSR count). The van der Waals surface area contributed by atoms with Crippen molar-refractivity contribution >= 4 is 11.9 Å². The fraction of sp³-hybridized carbons (Fsp3) is 0.500. The number of aromatic carboxylic acids is 1. The van der Waals surface area contributed by atoms with Crippen molar-refractivity contribution in [3.8, 4) is 0 Å². The molecule has 16 heavy (non-hydrogen) atoms. The summed E-state index contributed by atoms with van der Waals surface area (Å²) in [7, 11) is 0. The summed E-state index contributed by atoms with van der Waals surface area (Å²) in [5, 5.41) is 11.9. The quantitative estimate of drug-likeness (QED) is 0.787. The lowest BCUT2D eigenvalue weighted by molar-refractivity contribution is 0.0690. The van der Waals surface area contributed by atoms with Crippen molar-refractivity contribution in [3.05, 3.63) is 18.0 Å². The van der Waals surface area contributed by atoms with Crippen LogP contribution < -0.4 is 5.32 Å². The van der Waals surface area contributed by atoms with Crippen LogP contribution in [0.5, 0.6) is 0 Å². The molecule has 0 saturated carbocycles. The second-order valence-corrected chi connectivity index (χ2v) is 3.69. The summed E-state index contributed by atoms with van der Waals surface area (Å²) in [4.78, 5) is 18.6. The topological polar surface area (TPSA) is 84.3 Å². The molecule has 1 saturated heterocycles. The number of nitrogens with one attached hydrogen (secondary N) is 1. The maximum atomic E-state index is 10.7. The summed E-state index contributed by atoms with van der Waals surface area (Å²) in [6.07, 6.45) is 2.40. The normalized spacial score (nSPS) is 24.3. The Morgan fingerprint density at radius 1 is 1.69 bits per heavy atom. The Balaban J connectivity index is 2.09. The zero-order valence-electron chi connectivity index (χ0n) is 8.88. The van der Waals surface area contributed by atoms with Gasteiger partial charge in [0.2, 0.25) is 5.95 Å². The van der Waals surface area contributed by atoms with Crippen LogP contribution in [0.2, 0.25) is 0 Å². The van der Waals surface area contributed by atoms with E-state index in [1.165, 1.54) is 12.3 Å². The van der Waals surface area contributed by atoms with Crippen molar-refractivity contribution in [3.63, 3.8) is 0 Å². The van der Waals surface area contributed by atoms with E-state index >= 15 is 0 Å². The number of carboxylic acid groups (broad SMARTS) is 1. The van der Waals surface area contributed by atoms with Gasteiger partial charge in [-0.2, -0.15) is 0 Å². The van der Waals surface area contributed by atoms with Crippen molar-refractivity contribution in [2.45, 2.75) is 25.5 Å². The summed E-state index contributed by atoms with van der Waals surface area (Å²) < 4.78 is 5.38. The van der Waals surface area contributed by atoms with E-state index in [9.17, 15) is 4.79 Å². The summed E-state index contributed by atoms with van der Waals surface area (Å²) in [5.41, 5.74) is -0.0101. The highest BCUT2D eigenvalue weighted by molar-refractivity contribution is 5.85. The molecule has 1 aromatic rings. The zero-order valence-corrected chi connectivity index (χ0v) is 8.88. The number of rotatable bonds is 3. The maximum absolute atomic E-state index is 10.7. The van der Waals surface area contributed by atoms with Crippen LogP contribution in [0.3, 0.4) is 0 Å². The molecule has 1 aromatic heterocycles. The van der Waals surface area contributed by atoms with E-state index in [2.05, 4.69) is 15.3 Å². The Morgan fingerprint density at radius 2 is 2.50 bits per heavy atom. The van der Waals surface area contributed by atoms with E-state index in [1.54, 1.807) is 0 Å². The minimum Gasteiger partial charge on any atom is -0.477 e. The molecule has 6 heteroatoms. The molecular formula is C10H13N3O3. The van der Waals surface area contributed by atoms with Gasteiger partial charge in [0.15, 0.2) is 5.69 Å². The highest BCUT2D eigenvalue weighted by atomic mass is 16.5. The summed E-state index contributed by atoms with van der Waals surface area (Å²) in [6, 6.07) is 1.51. The number of carbonyl (C=O) groups is 1. The van der Waals surface area contributed by atoms with Gasteiger partial charge >= 0.3 is 5.97 Å². The van der Waals surface area contributed by atoms with Crippen molar-refractivity contribution < 1.29 is 14.6 Å². The van der Waals surface area contributed by atoms with Gasteiger partial charge in [0.1, 0.15) is 0 Å². The molecule has 2 atom stereocenters. The summed E-state index contributed by atoms with van der Waals surface area (Å²) in [6.45, 7) is 2.67. The lowest BCUT2D eigenvalue weighted by Gasteiger charge is -2.15. The van der Waals surface area contributed by atoms with Crippen molar-refractivity contribution in [2.75, 3.05) is 11.9 Å². The SMILES string of the molecule is CC1OCCC1Nc1nccc(C(=O)O)n1. The first kappa shape index (κ1) is 10.8. The average molecular weight is 223 g/mol. The van der Waals surface area contributed by atoms with Gasteiger partial charge in [-0.15, -0.1) is 0 Å². The van der Waals surface area contributed by atoms with Crippen LogP contribution in [0.25, 0.3) is 0 Å². The highest BCUT2D eigenvalue weighted by Gasteiger charge is 2.24. The molecule has 1 aliphatic rings. The van der Waals surface area contributed by atoms with Gasteiger partial charge < -0.3 is 15.2 Å². The predicted octanol–water partition coefficient (Wildman–Crippen LogP) is 0.764. The predicted molar refractivity (Wildman–Crippen MR) is 56.4 cm³/mol. The molecule has 0 spiro atoms. The number of ether oxygens (including phenoxy) is 1. The largest absolute Gasteiger partial charge is 0.477 e. The molecule has 0 radical (unpaired) electrons. The highest BCUT2D eigenvalue weighted by Crippen LogP contribution is 2.16. The Kier molecular flexibility index (Phi) is 3.00. The molecule has 2 N–H and O–H groups in total. The molecule has 0 aliphatic carbocycles. The number of aromatic nitrogens is 2. The zero-order chi connectivity index (χ0) is 11.5. The van der Waals surface area contributed by atoms with Gasteiger partial charge in [0.25, 0.3) is 0 Å². The van der Waals surface area contributed by atoms with Crippen molar-refractivity contribution in [2.24, 2.45) is 0 Å². The molecule has 2 heterocycles. The summed E-state index contributed by atoms with van der Waals surface area (Å²) >= 11 is 0. The monoisotopic (exact) mass is 223 g/mol. The Hall–Kier alpha value is -1.69. The van der Waals surface area contributed by atoms with Gasteiger partial charge in [-0.25, -0.2) is 14.8 Å². The van der Waals surface area contributed by atoms with Crippen LogP contribution in [0.15, 0.2) is 12.3 Å². The first-order valence-electron chi connectivity index (χ1n) is 5.11. The molecule has 0 amide bonds. The molecule has 86 valence electrons. The van der Waals surface area contributed by atoms with Crippen LogP contribution in [0, 0.1) is 0 Å². The Labute approximate surface area is 92.7 Å². The first-order chi connectivity index (χ1) is 7.66. The molecular weight excluding hydrogens is 210 g/mol. The first-order valence-corrected chi connectivity index (χ1v) is 5.11.